The normalized spacial score (nSPS) is 13.2. The number of rotatable bonds is 2. The van der Waals surface area contributed by atoms with Gasteiger partial charge in [-0.2, -0.15) is 0 Å². The van der Waals surface area contributed by atoms with Crippen molar-refractivity contribution in [1.82, 2.24) is 0 Å². The first kappa shape index (κ1) is 11.6. The maximum absolute atomic E-state index is 13.4. The van der Waals surface area contributed by atoms with Crippen LogP contribution < -0.4 is 9.47 Å². The number of ether oxygens (including phenoxy) is 2. The van der Waals surface area contributed by atoms with E-state index in [4.69, 9.17) is 9.47 Å². The van der Waals surface area contributed by atoms with Crippen molar-refractivity contribution in [2.45, 2.75) is 0 Å². The largest absolute Gasteiger partial charge is 0.454 e. The van der Waals surface area contributed by atoms with E-state index in [0.717, 1.165) is 17.7 Å². The van der Waals surface area contributed by atoms with E-state index in [2.05, 4.69) is 4.99 Å². The van der Waals surface area contributed by atoms with Gasteiger partial charge in [-0.3, -0.25) is 4.99 Å². The molecule has 5 heteroatoms. The van der Waals surface area contributed by atoms with Gasteiger partial charge in [0.1, 0.15) is 5.82 Å². The molecule has 0 atom stereocenters. The monoisotopic (exact) mass is 261 g/mol. The summed E-state index contributed by atoms with van der Waals surface area (Å²) in [6.45, 7) is 0.197. The highest BCUT2D eigenvalue weighted by atomic mass is 19.1. The molecule has 0 amide bonds. The van der Waals surface area contributed by atoms with Crippen LogP contribution in [0.3, 0.4) is 0 Å². The quantitative estimate of drug-likeness (QED) is 0.775. The molecular formula is C14H9F2NO2. The Hall–Kier alpha value is -2.43. The van der Waals surface area contributed by atoms with Crippen molar-refractivity contribution in [2.24, 2.45) is 4.99 Å². The molecule has 2 aromatic rings. The molecule has 0 radical (unpaired) electrons. The van der Waals surface area contributed by atoms with Gasteiger partial charge in [0.25, 0.3) is 0 Å². The van der Waals surface area contributed by atoms with Crippen LogP contribution in [0.25, 0.3) is 0 Å². The SMILES string of the molecule is Fc1ccc(N=Cc2ccc3c(c2)OCO3)c(F)c1. The minimum Gasteiger partial charge on any atom is -0.454 e. The van der Waals surface area contributed by atoms with Crippen LogP contribution in [0.1, 0.15) is 5.56 Å². The van der Waals surface area contributed by atoms with Gasteiger partial charge in [-0.1, -0.05) is 0 Å². The van der Waals surface area contributed by atoms with E-state index >= 15 is 0 Å². The molecule has 1 aliphatic rings. The number of aliphatic imine (C=N–C) groups is 1. The molecule has 0 spiro atoms. The van der Waals surface area contributed by atoms with Gasteiger partial charge in [-0.15, -0.1) is 0 Å². The summed E-state index contributed by atoms with van der Waals surface area (Å²) < 4.78 is 36.5. The molecular weight excluding hydrogens is 252 g/mol. The zero-order valence-electron chi connectivity index (χ0n) is 9.77. The third kappa shape index (κ3) is 2.40. The molecule has 0 saturated carbocycles. The summed E-state index contributed by atoms with van der Waals surface area (Å²) in [6, 6.07) is 8.52. The van der Waals surface area contributed by atoms with Gasteiger partial charge < -0.3 is 9.47 Å². The Kier molecular flexibility index (Phi) is 2.87. The standard InChI is InChI=1S/C14H9F2NO2/c15-10-2-3-12(11(16)6-10)17-7-9-1-4-13-14(5-9)19-8-18-13/h1-7H,8H2. The topological polar surface area (TPSA) is 30.8 Å². The van der Waals surface area contributed by atoms with E-state index in [1.807, 2.05) is 0 Å². The molecule has 0 N–H and O–H groups in total. The summed E-state index contributed by atoms with van der Waals surface area (Å²) in [4.78, 5) is 3.98. The smallest absolute Gasteiger partial charge is 0.231 e. The molecule has 3 nitrogen and oxygen atoms in total. The highest BCUT2D eigenvalue weighted by Crippen LogP contribution is 2.32. The predicted octanol–water partition coefficient (Wildman–Crippen LogP) is 3.44. The van der Waals surface area contributed by atoms with Crippen molar-refractivity contribution in [1.29, 1.82) is 0 Å². The number of benzene rings is 2. The van der Waals surface area contributed by atoms with Crippen molar-refractivity contribution < 1.29 is 18.3 Å². The number of fused-ring (bicyclic) bond motifs is 1. The first-order valence-corrected chi connectivity index (χ1v) is 5.61. The van der Waals surface area contributed by atoms with Crippen LogP contribution in [0.15, 0.2) is 41.4 Å². The van der Waals surface area contributed by atoms with Gasteiger partial charge in [0.2, 0.25) is 6.79 Å². The molecule has 1 heterocycles. The molecule has 96 valence electrons. The summed E-state index contributed by atoms with van der Waals surface area (Å²) in [5.74, 6) is -0.0230. The molecule has 1 aliphatic heterocycles. The van der Waals surface area contributed by atoms with Gasteiger partial charge >= 0.3 is 0 Å². The van der Waals surface area contributed by atoms with Crippen LogP contribution in [-0.4, -0.2) is 13.0 Å². The lowest BCUT2D eigenvalue weighted by atomic mass is 10.2. The average Bonchev–Trinajstić information content (AvgIpc) is 2.85. The number of halogens is 2. The first-order chi connectivity index (χ1) is 9.22. The third-order valence-electron chi connectivity index (χ3n) is 2.66. The van der Waals surface area contributed by atoms with E-state index in [1.54, 1.807) is 18.2 Å². The fraction of sp³-hybridized carbons (Fsp3) is 0.0714. The van der Waals surface area contributed by atoms with E-state index in [0.29, 0.717) is 11.5 Å². The number of hydrogen-bond acceptors (Lipinski definition) is 3. The van der Waals surface area contributed by atoms with Crippen LogP contribution in [-0.2, 0) is 0 Å². The van der Waals surface area contributed by atoms with Gasteiger partial charge in [-0.25, -0.2) is 8.78 Å². The lowest BCUT2D eigenvalue weighted by Crippen LogP contribution is -1.92. The molecule has 0 aromatic heterocycles. The molecule has 19 heavy (non-hydrogen) atoms. The van der Waals surface area contributed by atoms with Crippen molar-refractivity contribution in [3.05, 3.63) is 53.6 Å². The van der Waals surface area contributed by atoms with Crippen LogP contribution in [0.2, 0.25) is 0 Å². The summed E-state index contributed by atoms with van der Waals surface area (Å²) in [5.41, 5.74) is 0.826. The molecule has 0 fully saturated rings. The predicted molar refractivity (Wildman–Crippen MR) is 66.2 cm³/mol. The van der Waals surface area contributed by atoms with Gasteiger partial charge in [0.05, 0.1) is 5.69 Å². The Morgan fingerprint density at radius 1 is 1.00 bits per heavy atom. The fourth-order valence-electron chi connectivity index (χ4n) is 1.72. The maximum atomic E-state index is 13.4. The lowest BCUT2D eigenvalue weighted by molar-refractivity contribution is 0.174. The molecule has 0 bridgehead atoms. The first-order valence-electron chi connectivity index (χ1n) is 5.61. The van der Waals surface area contributed by atoms with Gasteiger partial charge in [-0.05, 0) is 35.9 Å². The second-order valence-corrected chi connectivity index (χ2v) is 3.97. The molecule has 0 aliphatic carbocycles. The second kappa shape index (κ2) is 4.68. The van der Waals surface area contributed by atoms with Crippen LogP contribution in [0, 0.1) is 11.6 Å². The molecule has 0 unspecified atom stereocenters. The fourth-order valence-corrected chi connectivity index (χ4v) is 1.72. The molecule has 2 aromatic carbocycles. The molecule has 0 saturated heterocycles. The zero-order valence-corrected chi connectivity index (χ0v) is 9.77. The van der Waals surface area contributed by atoms with Gasteiger partial charge in [0.15, 0.2) is 17.3 Å². The third-order valence-corrected chi connectivity index (χ3v) is 2.66. The van der Waals surface area contributed by atoms with Crippen LogP contribution in [0.4, 0.5) is 14.5 Å². The summed E-state index contributed by atoms with van der Waals surface area (Å²) >= 11 is 0. The zero-order chi connectivity index (χ0) is 13.2. The molecule has 3 rings (SSSR count). The van der Waals surface area contributed by atoms with Crippen molar-refractivity contribution >= 4 is 11.9 Å². The van der Waals surface area contributed by atoms with E-state index in [1.165, 1.54) is 12.3 Å². The second-order valence-electron chi connectivity index (χ2n) is 3.97. The minimum atomic E-state index is -0.697. The Labute approximate surface area is 108 Å². The van der Waals surface area contributed by atoms with E-state index < -0.39 is 11.6 Å². The minimum absolute atomic E-state index is 0.0825. The Morgan fingerprint density at radius 3 is 2.68 bits per heavy atom. The Balaban J connectivity index is 1.86. The van der Waals surface area contributed by atoms with Crippen molar-refractivity contribution in [3.8, 4) is 11.5 Å². The van der Waals surface area contributed by atoms with Crippen LogP contribution >= 0.6 is 0 Å². The Bertz CT molecular complexity index is 656. The van der Waals surface area contributed by atoms with E-state index in [-0.39, 0.29) is 12.5 Å². The van der Waals surface area contributed by atoms with E-state index in [9.17, 15) is 8.78 Å². The maximum Gasteiger partial charge on any atom is 0.231 e. The van der Waals surface area contributed by atoms with Gasteiger partial charge in [0, 0.05) is 12.3 Å². The highest BCUT2D eigenvalue weighted by molar-refractivity contribution is 5.83. The number of nitrogens with zero attached hydrogens (tertiary/aromatic N) is 1. The van der Waals surface area contributed by atoms with Crippen molar-refractivity contribution in [2.75, 3.05) is 6.79 Å². The average molecular weight is 261 g/mol. The highest BCUT2D eigenvalue weighted by Gasteiger charge is 2.12. The summed E-state index contributed by atoms with van der Waals surface area (Å²) in [7, 11) is 0. The Morgan fingerprint density at radius 2 is 1.84 bits per heavy atom. The van der Waals surface area contributed by atoms with Crippen molar-refractivity contribution in [3.63, 3.8) is 0 Å². The number of hydrogen-bond donors (Lipinski definition) is 0. The van der Waals surface area contributed by atoms with Crippen LogP contribution in [0.5, 0.6) is 11.5 Å². The summed E-state index contributed by atoms with van der Waals surface area (Å²) in [5, 5.41) is 0. The summed E-state index contributed by atoms with van der Waals surface area (Å²) in [6.07, 6.45) is 1.48. The lowest BCUT2D eigenvalue weighted by Gasteiger charge is -1.98.